The predicted octanol–water partition coefficient (Wildman–Crippen LogP) is 3.78. The number of ether oxygens (including phenoxy) is 1. The lowest BCUT2D eigenvalue weighted by atomic mass is 10.1. The van der Waals surface area contributed by atoms with Crippen LogP contribution >= 0.6 is 11.6 Å². The first-order valence-electron chi connectivity index (χ1n) is 4.65. The molecule has 1 aromatic rings. The van der Waals surface area contributed by atoms with Gasteiger partial charge in [0.05, 0.1) is 12.7 Å². The third-order valence-corrected chi connectivity index (χ3v) is 2.10. The Kier molecular flexibility index (Phi) is 4.18. The van der Waals surface area contributed by atoms with Crippen LogP contribution < -0.4 is 0 Å². The standard InChI is InChI=1S/C12H15ClO/c1-9(2)14-8-10(3)11-4-6-12(13)7-5-11/h4-7,9H,3,8H2,1-2H3. The highest BCUT2D eigenvalue weighted by Gasteiger charge is 2.00. The normalized spacial score (nSPS) is 10.6. The van der Waals surface area contributed by atoms with E-state index in [2.05, 4.69) is 6.58 Å². The van der Waals surface area contributed by atoms with Crippen LogP contribution in [0.1, 0.15) is 19.4 Å². The minimum Gasteiger partial charge on any atom is -0.374 e. The van der Waals surface area contributed by atoms with Crippen LogP contribution in [-0.2, 0) is 4.74 Å². The number of rotatable bonds is 4. The largest absolute Gasteiger partial charge is 0.374 e. The molecule has 0 unspecified atom stereocenters. The quantitative estimate of drug-likeness (QED) is 0.735. The Bertz CT molecular complexity index is 301. The van der Waals surface area contributed by atoms with Crippen molar-refractivity contribution in [1.29, 1.82) is 0 Å². The van der Waals surface area contributed by atoms with Crippen molar-refractivity contribution >= 4 is 17.2 Å². The van der Waals surface area contributed by atoms with E-state index in [1.807, 2.05) is 38.1 Å². The van der Waals surface area contributed by atoms with Gasteiger partial charge in [-0.25, -0.2) is 0 Å². The molecule has 0 saturated carbocycles. The fourth-order valence-corrected chi connectivity index (χ4v) is 1.16. The van der Waals surface area contributed by atoms with Gasteiger partial charge < -0.3 is 4.74 Å². The molecule has 0 amide bonds. The van der Waals surface area contributed by atoms with E-state index in [4.69, 9.17) is 16.3 Å². The molecule has 1 nitrogen and oxygen atoms in total. The summed E-state index contributed by atoms with van der Waals surface area (Å²) >= 11 is 5.78. The average Bonchev–Trinajstić information content (AvgIpc) is 2.15. The summed E-state index contributed by atoms with van der Waals surface area (Å²) in [6, 6.07) is 7.62. The maximum Gasteiger partial charge on any atom is 0.0720 e. The molecule has 76 valence electrons. The summed E-state index contributed by atoms with van der Waals surface area (Å²) in [6.45, 7) is 8.55. The minimum atomic E-state index is 0.235. The molecule has 0 atom stereocenters. The Morgan fingerprint density at radius 2 is 1.93 bits per heavy atom. The first-order chi connectivity index (χ1) is 6.59. The Morgan fingerprint density at radius 3 is 2.43 bits per heavy atom. The van der Waals surface area contributed by atoms with Gasteiger partial charge in [-0.3, -0.25) is 0 Å². The number of hydrogen-bond donors (Lipinski definition) is 0. The van der Waals surface area contributed by atoms with Gasteiger partial charge >= 0.3 is 0 Å². The second kappa shape index (κ2) is 5.18. The molecule has 0 radical (unpaired) electrons. The summed E-state index contributed by atoms with van der Waals surface area (Å²) in [5, 5.41) is 0.742. The van der Waals surface area contributed by atoms with Gasteiger partial charge in [0.25, 0.3) is 0 Å². The molecule has 0 aliphatic rings. The van der Waals surface area contributed by atoms with Gasteiger partial charge in [0.1, 0.15) is 0 Å². The van der Waals surface area contributed by atoms with E-state index in [0.717, 1.165) is 16.2 Å². The van der Waals surface area contributed by atoms with Gasteiger partial charge in [-0.1, -0.05) is 30.3 Å². The SMILES string of the molecule is C=C(COC(C)C)c1ccc(Cl)cc1. The molecule has 0 spiro atoms. The topological polar surface area (TPSA) is 9.23 Å². The molecule has 0 aliphatic heterocycles. The van der Waals surface area contributed by atoms with E-state index < -0.39 is 0 Å². The van der Waals surface area contributed by atoms with Crippen molar-refractivity contribution in [3.8, 4) is 0 Å². The van der Waals surface area contributed by atoms with Crippen LogP contribution in [0.2, 0.25) is 5.02 Å². The number of halogens is 1. The van der Waals surface area contributed by atoms with Crippen molar-refractivity contribution < 1.29 is 4.74 Å². The van der Waals surface area contributed by atoms with Crippen molar-refractivity contribution in [3.63, 3.8) is 0 Å². The Labute approximate surface area is 90.3 Å². The van der Waals surface area contributed by atoms with Crippen LogP contribution in [0.5, 0.6) is 0 Å². The molecular formula is C12H15ClO. The number of hydrogen-bond acceptors (Lipinski definition) is 1. The van der Waals surface area contributed by atoms with Gasteiger partial charge in [-0.05, 0) is 37.1 Å². The van der Waals surface area contributed by atoms with Crippen LogP contribution in [0.3, 0.4) is 0 Å². The lowest BCUT2D eigenvalue weighted by Gasteiger charge is -2.09. The summed E-state index contributed by atoms with van der Waals surface area (Å²) < 4.78 is 5.46. The first-order valence-corrected chi connectivity index (χ1v) is 5.02. The molecule has 0 heterocycles. The van der Waals surface area contributed by atoms with Gasteiger partial charge in [0, 0.05) is 5.02 Å². The van der Waals surface area contributed by atoms with Crippen LogP contribution in [-0.4, -0.2) is 12.7 Å². The zero-order valence-corrected chi connectivity index (χ0v) is 9.34. The minimum absolute atomic E-state index is 0.235. The van der Waals surface area contributed by atoms with Crippen LogP contribution in [0.15, 0.2) is 30.8 Å². The van der Waals surface area contributed by atoms with Crippen molar-refractivity contribution in [2.24, 2.45) is 0 Å². The smallest absolute Gasteiger partial charge is 0.0720 e. The highest BCUT2D eigenvalue weighted by molar-refractivity contribution is 6.30. The molecule has 0 bridgehead atoms. The molecular weight excluding hydrogens is 196 g/mol. The summed E-state index contributed by atoms with van der Waals surface area (Å²) in [4.78, 5) is 0. The third kappa shape index (κ3) is 3.52. The number of benzene rings is 1. The summed E-state index contributed by atoms with van der Waals surface area (Å²) in [5.74, 6) is 0. The maximum absolute atomic E-state index is 5.78. The molecule has 0 fully saturated rings. The van der Waals surface area contributed by atoms with E-state index >= 15 is 0 Å². The summed E-state index contributed by atoms with van der Waals surface area (Å²) in [5.41, 5.74) is 2.06. The lowest BCUT2D eigenvalue weighted by Crippen LogP contribution is -2.04. The fourth-order valence-electron chi connectivity index (χ4n) is 1.04. The lowest BCUT2D eigenvalue weighted by molar-refractivity contribution is 0.107. The van der Waals surface area contributed by atoms with E-state index in [1.54, 1.807) is 0 Å². The van der Waals surface area contributed by atoms with Crippen molar-refractivity contribution in [2.45, 2.75) is 20.0 Å². The monoisotopic (exact) mass is 210 g/mol. The van der Waals surface area contributed by atoms with Gasteiger partial charge in [0.2, 0.25) is 0 Å². The molecule has 0 aromatic heterocycles. The molecule has 1 rings (SSSR count). The molecule has 0 aliphatic carbocycles. The highest BCUT2D eigenvalue weighted by atomic mass is 35.5. The zero-order chi connectivity index (χ0) is 10.6. The first kappa shape index (κ1) is 11.3. The molecule has 2 heteroatoms. The van der Waals surface area contributed by atoms with Gasteiger partial charge in [0.15, 0.2) is 0 Å². The Morgan fingerprint density at radius 1 is 1.36 bits per heavy atom. The van der Waals surface area contributed by atoms with Crippen LogP contribution in [0.4, 0.5) is 0 Å². The van der Waals surface area contributed by atoms with Crippen molar-refractivity contribution in [2.75, 3.05) is 6.61 Å². The second-order valence-electron chi connectivity index (χ2n) is 3.47. The third-order valence-electron chi connectivity index (χ3n) is 1.84. The second-order valence-corrected chi connectivity index (χ2v) is 3.91. The summed E-state index contributed by atoms with van der Waals surface area (Å²) in [6.07, 6.45) is 0.235. The summed E-state index contributed by atoms with van der Waals surface area (Å²) in [7, 11) is 0. The average molecular weight is 211 g/mol. The zero-order valence-electron chi connectivity index (χ0n) is 8.59. The van der Waals surface area contributed by atoms with E-state index in [0.29, 0.717) is 6.61 Å². The Hall–Kier alpha value is -0.790. The van der Waals surface area contributed by atoms with E-state index in [-0.39, 0.29) is 6.10 Å². The van der Waals surface area contributed by atoms with Gasteiger partial charge in [-0.2, -0.15) is 0 Å². The van der Waals surface area contributed by atoms with Crippen LogP contribution in [0.25, 0.3) is 5.57 Å². The van der Waals surface area contributed by atoms with Crippen LogP contribution in [0, 0.1) is 0 Å². The molecule has 14 heavy (non-hydrogen) atoms. The van der Waals surface area contributed by atoms with Gasteiger partial charge in [-0.15, -0.1) is 0 Å². The van der Waals surface area contributed by atoms with E-state index in [9.17, 15) is 0 Å². The molecule has 0 saturated heterocycles. The molecule has 0 N–H and O–H groups in total. The predicted molar refractivity (Wildman–Crippen MR) is 61.6 cm³/mol. The molecule has 1 aromatic carbocycles. The van der Waals surface area contributed by atoms with Crippen molar-refractivity contribution in [3.05, 3.63) is 41.4 Å². The Balaban J connectivity index is 2.57. The maximum atomic E-state index is 5.78. The van der Waals surface area contributed by atoms with E-state index in [1.165, 1.54) is 0 Å². The highest BCUT2D eigenvalue weighted by Crippen LogP contribution is 2.16. The fraction of sp³-hybridized carbons (Fsp3) is 0.333. The van der Waals surface area contributed by atoms with Crippen molar-refractivity contribution in [1.82, 2.24) is 0 Å².